The van der Waals surface area contributed by atoms with Crippen LogP contribution in [0, 0.1) is 26.6 Å². The van der Waals surface area contributed by atoms with Gasteiger partial charge in [0.2, 0.25) is 0 Å². The zero-order chi connectivity index (χ0) is 14.9. The number of hydrogen-bond acceptors (Lipinski definition) is 2. The summed E-state index contributed by atoms with van der Waals surface area (Å²) in [6.07, 6.45) is 0. The average molecular weight is 273 g/mol. The summed E-state index contributed by atoms with van der Waals surface area (Å²) in [5, 5.41) is 0. The molecule has 1 atom stereocenters. The number of halogens is 1. The first-order valence-electron chi connectivity index (χ1n) is 6.69. The van der Waals surface area contributed by atoms with Gasteiger partial charge in [-0.2, -0.15) is 0 Å². The molecule has 106 valence electrons. The molecule has 0 fully saturated rings. The second-order valence-corrected chi connectivity index (χ2v) is 5.28. The van der Waals surface area contributed by atoms with Gasteiger partial charge in [0.05, 0.1) is 0 Å². The summed E-state index contributed by atoms with van der Waals surface area (Å²) in [6, 6.07) is 8.75. The van der Waals surface area contributed by atoms with E-state index in [0.29, 0.717) is 16.9 Å². The van der Waals surface area contributed by atoms with Crippen LogP contribution in [0.3, 0.4) is 0 Å². The first kappa shape index (κ1) is 14.5. The molecule has 0 aliphatic carbocycles. The minimum Gasteiger partial charge on any atom is -0.457 e. The van der Waals surface area contributed by atoms with E-state index in [-0.39, 0.29) is 11.9 Å². The standard InChI is InChI=1S/C17H20FNO/c1-10-5-6-14(7-11(10)2)20-17-8-12(3)16(18)9-15(17)13(4)19/h5-9,13H,19H2,1-4H3/t13-/m1/s1. The van der Waals surface area contributed by atoms with Gasteiger partial charge >= 0.3 is 0 Å². The molecule has 3 heteroatoms. The minimum absolute atomic E-state index is 0.260. The van der Waals surface area contributed by atoms with Crippen LogP contribution in [0.1, 0.15) is 35.2 Å². The summed E-state index contributed by atoms with van der Waals surface area (Å²) in [7, 11) is 0. The highest BCUT2D eigenvalue weighted by atomic mass is 19.1. The van der Waals surface area contributed by atoms with Crippen molar-refractivity contribution in [3.05, 3.63) is 58.4 Å². The summed E-state index contributed by atoms with van der Waals surface area (Å²) in [5.74, 6) is 1.09. The van der Waals surface area contributed by atoms with Crippen molar-refractivity contribution in [1.82, 2.24) is 0 Å². The molecule has 0 unspecified atom stereocenters. The molecular formula is C17H20FNO. The van der Waals surface area contributed by atoms with E-state index in [4.69, 9.17) is 10.5 Å². The Balaban J connectivity index is 2.41. The Kier molecular flexibility index (Phi) is 4.09. The maximum atomic E-state index is 13.7. The third-order valence-corrected chi connectivity index (χ3v) is 3.49. The van der Waals surface area contributed by atoms with Gasteiger partial charge in [0, 0.05) is 11.6 Å². The predicted molar refractivity (Wildman–Crippen MR) is 79.7 cm³/mol. The highest BCUT2D eigenvalue weighted by Gasteiger charge is 2.13. The van der Waals surface area contributed by atoms with Crippen LogP contribution in [-0.2, 0) is 0 Å². The zero-order valence-electron chi connectivity index (χ0n) is 12.3. The van der Waals surface area contributed by atoms with Crippen molar-refractivity contribution in [2.75, 3.05) is 0 Å². The van der Waals surface area contributed by atoms with Crippen LogP contribution in [0.15, 0.2) is 30.3 Å². The van der Waals surface area contributed by atoms with Gasteiger partial charge in [0.25, 0.3) is 0 Å². The van der Waals surface area contributed by atoms with Crippen molar-refractivity contribution in [2.45, 2.75) is 33.7 Å². The van der Waals surface area contributed by atoms with Crippen molar-refractivity contribution in [3.8, 4) is 11.5 Å². The van der Waals surface area contributed by atoms with Crippen LogP contribution in [0.4, 0.5) is 4.39 Å². The molecule has 2 nitrogen and oxygen atoms in total. The van der Waals surface area contributed by atoms with Crippen molar-refractivity contribution in [1.29, 1.82) is 0 Å². The molecule has 20 heavy (non-hydrogen) atoms. The molecule has 2 rings (SSSR count). The molecule has 2 aromatic rings. The molecule has 2 aromatic carbocycles. The molecule has 0 aromatic heterocycles. The van der Waals surface area contributed by atoms with Crippen LogP contribution < -0.4 is 10.5 Å². The van der Waals surface area contributed by atoms with E-state index in [2.05, 4.69) is 6.92 Å². The number of nitrogens with two attached hydrogens (primary N) is 1. The van der Waals surface area contributed by atoms with Gasteiger partial charge in [-0.25, -0.2) is 4.39 Å². The third-order valence-electron chi connectivity index (χ3n) is 3.49. The highest BCUT2D eigenvalue weighted by Crippen LogP contribution is 2.31. The van der Waals surface area contributed by atoms with Crippen LogP contribution in [0.2, 0.25) is 0 Å². The molecule has 2 N–H and O–H groups in total. The minimum atomic E-state index is -0.286. The molecule has 0 bridgehead atoms. The second kappa shape index (κ2) is 5.63. The maximum absolute atomic E-state index is 13.7. The monoisotopic (exact) mass is 273 g/mol. The summed E-state index contributed by atoms with van der Waals surface area (Å²) in [4.78, 5) is 0. The van der Waals surface area contributed by atoms with Gasteiger partial charge in [-0.3, -0.25) is 0 Å². The number of aryl methyl sites for hydroxylation is 3. The number of benzene rings is 2. The van der Waals surface area contributed by atoms with E-state index < -0.39 is 0 Å². The Labute approximate surface area is 119 Å². The van der Waals surface area contributed by atoms with E-state index in [9.17, 15) is 4.39 Å². The van der Waals surface area contributed by atoms with E-state index in [1.54, 1.807) is 13.0 Å². The Morgan fingerprint density at radius 2 is 1.70 bits per heavy atom. The molecule has 0 spiro atoms. The lowest BCUT2D eigenvalue weighted by molar-refractivity contribution is 0.467. The van der Waals surface area contributed by atoms with Gasteiger partial charge in [-0.05, 0) is 68.7 Å². The number of rotatable bonds is 3. The number of hydrogen-bond donors (Lipinski definition) is 1. The molecule has 0 radical (unpaired) electrons. The first-order chi connectivity index (χ1) is 9.38. The zero-order valence-corrected chi connectivity index (χ0v) is 12.3. The van der Waals surface area contributed by atoms with E-state index in [0.717, 1.165) is 11.3 Å². The van der Waals surface area contributed by atoms with E-state index in [1.807, 2.05) is 32.0 Å². The largest absolute Gasteiger partial charge is 0.457 e. The Hall–Kier alpha value is -1.87. The fourth-order valence-corrected chi connectivity index (χ4v) is 2.02. The number of ether oxygens (including phenoxy) is 1. The predicted octanol–water partition coefficient (Wildman–Crippen LogP) is 4.56. The van der Waals surface area contributed by atoms with Crippen LogP contribution >= 0.6 is 0 Å². The first-order valence-corrected chi connectivity index (χ1v) is 6.69. The normalized spacial score (nSPS) is 12.3. The lowest BCUT2D eigenvalue weighted by Gasteiger charge is -2.16. The second-order valence-electron chi connectivity index (χ2n) is 5.28. The molecule has 0 saturated heterocycles. The molecule has 0 aliphatic heterocycles. The lowest BCUT2D eigenvalue weighted by atomic mass is 10.0. The van der Waals surface area contributed by atoms with Gasteiger partial charge < -0.3 is 10.5 Å². The lowest BCUT2D eigenvalue weighted by Crippen LogP contribution is -2.08. The van der Waals surface area contributed by atoms with Gasteiger partial charge in [-0.15, -0.1) is 0 Å². The van der Waals surface area contributed by atoms with E-state index >= 15 is 0 Å². The van der Waals surface area contributed by atoms with Crippen LogP contribution in [0.5, 0.6) is 11.5 Å². The van der Waals surface area contributed by atoms with Gasteiger partial charge in [-0.1, -0.05) is 6.07 Å². The molecule has 0 saturated carbocycles. The quantitative estimate of drug-likeness (QED) is 0.889. The Bertz CT molecular complexity index is 635. The topological polar surface area (TPSA) is 35.2 Å². The molecular weight excluding hydrogens is 253 g/mol. The average Bonchev–Trinajstić information content (AvgIpc) is 2.37. The Morgan fingerprint density at radius 1 is 1.00 bits per heavy atom. The summed E-state index contributed by atoms with van der Waals surface area (Å²) >= 11 is 0. The maximum Gasteiger partial charge on any atom is 0.132 e. The molecule has 0 amide bonds. The van der Waals surface area contributed by atoms with Crippen LogP contribution in [-0.4, -0.2) is 0 Å². The van der Waals surface area contributed by atoms with Gasteiger partial charge in [0.1, 0.15) is 17.3 Å². The third kappa shape index (κ3) is 2.99. The smallest absolute Gasteiger partial charge is 0.132 e. The van der Waals surface area contributed by atoms with Gasteiger partial charge in [0.15, 0.2) is 0 Å². The fraction of sp³-hybridized carbons (Fsp3) is 0.294. The van der Waals surface area contributed by atoms with Crippen molar-refractivity contribution in [3.63, 3.8) is 0 Å². The molecule has 0 heterocycles. The summed E-state index contributed by atoms with van der Waals surface area (Å²) < 4.78 is 19.6. The summed E-state index contributed by atoms with van der Waals surface area (Å²) in [6.45, 7) is 7.62. The molecule has 0 aliphatic rings. The fourth-order valence-electron chi connectivity index (χ4n) is 2.02. The van der Waals surface area contributed by atoms with Crippen LogP contribution in [0.25, 0.3) is 0 Å². The highest BCUT2D eigenvalue weighted by molar-refractivity contribution is 5.44. The van der Waals surface area contributed by atoms with E-state index in [1.165, 1.54) is 11.6 Å². The van der Waals surface area contributed by atoms with Crippen molar-refractivity contribution >= 4 is 0 Å². The summed E-state index contributed by atoms with van der Waals surface area (Å²) in [5.41, 5.74) is 9.48. The van der Waals surface area contributed by atoms with Crippen molar-refractivity contribution in [2.24, 2.45) is 5.73 Å². The SMILES string of the molecule is Cc1ccc(Oc2cc(C)c(F)cc2[C@@H](C)N)cc1C. The Morgan fingerprint density at radius 3 is 2.30 bits per heavy atom. The van der Waals surface area contributed by atoms with Crippen molar-refractivity contribution < 1.29 is 9.13 Å².